The Hall–Kier alpha value is -0.570. The number of aliphatic hydroxyl groups is 1. The molecule has 1 saturated carbocycles. The van der Waals surface area contributed by atoms with Gasteiger partial charge in [0.2, 0.25) is 0 Å². The molecule has 16 heavy (non-hydrogen) atoms. The molecule has 0 radical (unpaired) electrons. The Morgan fingerprint density at radius 3 is 2.31 bits per heavy atom. The molecule has 2 atom stereocenters. The van der Waals surface area contributed by atoms with Crippen molar-refractivity contribution >= 4 is 12.4 Å². The zero-order valence-electron chi connectivity index (χ0n) is 9.89. The molecule has 2 rings (SSSR count). The van der Waals surface area contributed by atoms with Gasteiger partial charge in [-0.15, -0.1) is 12.4 Å². The van der Waals surface area contributed by atoms with Crippen LogP contribution >= 0.6 is 12.4 Å². The lowest BCUT2D eigenvalue weighted by molar-refractivity contribution is 0.0139. The predicted molar refractivity (Wildman–Crippen MR) is 68.9 cm³/mol. The third-order valence-corrected chi connectivity index (χ3v) is 3.66. The van der Waals surface area contributed by atoms with Crippen LogP contribution in [0.1, 0.15) is 24.8 Å². The highest BCUT2D eigenvalue weighted by atomic mass is 35.5. The Labute approximate surface area is 104 Å². The fraction of sp³-hybridized carbons (Fsp3) is 0.538. The van der Waals surface area contributed by atoms with E-state index in [1.54, 1.807) is 0 Å². The molecule has 1 aliphatic rings. The number of rotatable bonds is 2. The molecular weight excluding hydrogens is 222 g/mol. The van der Waals surface area contributed by atoms with Crippen molar-refractivity contribution in [2.45, 2.75) is 30.9 Å². The second kappa shape index (κ2) is 5.17. The summed E-state index contributed by atoms with van der Waals surface area (Å²) in [6.45, 7) is 0. The Bertz CT molecular complexity index is 328. The van der Waals surface area contributed by atoms with E-state index in [-0.39, 0.29) is 24.0 Å². The molecule has 0 amide bonds. The van der Waals surface area contributed by atoms with E-state index in [0.29, 0.717) is 0 Å². The molecule has 1 aromatic rings. The van der Waals surface area contributed by atoms with E-state index >= 15 is 0 Å². The molecule has 0 heterocycles. The van der Waals surface area contributed by atoms with Gasteiger partial charge in [-0.3, -0.25) is 4.90 Å². The van der Waals surface area contributed by atoms with Crippen molar-refractivity contribution in [3.8, 4) is 0 Å². The van der Waals surface area contributed by atoms with Gasteiger partial charge in [0.25, 0.3) is 0 Å². The van der Waals surface area contributed by atoms with Gasteiger partial charge < -0.3 is 5.11 Å². The van der Waals surface area contributed by atoms with Crippen molar-refractivity contribution in [2.75, 3.05) is 14.1 Å². The van der Waals surface area contributed by atoms with Gasteiger partial charge in [-0.1, -0.05) is 30.3 Å². The summed E-state index contributed by atoms with van der Waals surface area (Å²) in [5, 5.41) is 10.2. The van der Waals surface area contributed by atoms with Gasteiger partial charge in [0.05, 0.1) is 11.6 Å². The quantitative estimate of drug-likeness (QED) is 0.860. The van der Waals surface area contributed by atoms with E-state index in [0.717, 1.165) is 19.3 Å². The van der Waals surface area contributed by atoms with Gasteiger partial charge in [-0.05, 0) is 38.9 Å². The first kappa shape index (κ1) is 13.5. The van der Waals surface area contributed by atoms with Crippen LogP contribution in [0.5, 0.6) is 0 Å². The summed E-state index contributed by atoms with van der Waals surface area (Å²) < 4.78 is 0. The molecule has 0 aromatic heterocycles. The molecule has 1 N–H and O–H groups in total. The molecule has 0 saturated heterocycles. The lowest BCUT2D eigenvalue weighted by Gasteiger charge is -2.39. The van der Waals surface area contributed by atoms with Crippen LogP contribution in [-0.4, -0.2) is 30.2 Å². The first-order valence-corrected chi connectivity index (χ1v) is 5.59. The Kier molecular flexibility index (Phi) is 4.36. The van der Waals surface area contributed by atoms with E-state index in [9.17, 15) is 5.11 Å². The van der Waals surface area contributed by atoms with Gasteiger partial charge in [0.1, 0.15) is 0 Å². The van der Waals surface area contributed by atoms with E-state index in [1.165, 1.54) is 5.56 Å². The first-order chi connectivity index (χ1) is 7.18. The third kappa shape index (κ3) is 1.97. The molecule has 0 aliphatic heterocycles. The van der Waals surface area contributed by atoms with Crippen LogP contribution in [-0.2, 0) is 5.54 Å². The van der Waals surface area contributed by atoms with Gasteiger partial charge in [-0.25, -0.2) is 0 Å². The summed E-state index contributed by atoms with van der Waals surface area (Å²) in [6, 6.07) is 10.4. The van der Waals surface area contributed by atoms with Crippen LogP contribution in [0.25, 0.3) is 0 Å². The summed E-state index contributed by atoms with van der Waals surface area (Å²) in [5.74, 6) is 0. The fourth-order valence-corrected chi connectivity index (χ4v) is 2.81. The van der Waals surface area contributed by atoms with E-state index in [4.69, 9.17) is 0 Å². The van der Waals surface area contributed by atoms with Crippen LogP contribution in [0.4, 0.5) is 0 Å². The van der Waals surface area contributed by atoms with Gasteiger partial charge in [0.15, 0.2) is 0 Å². The molecule has 0 spiro atoms. The molecule has 2 unspecified atom stereocenters. The lowest BCUT2D eigenvalue weighted by atomic mass is 9.85. The highest BCUT2D eigenvalue weighted by Gasteiger charge is 2.45. The second-order valence-electron chi connectivity index (χ2n) is 4.59. The van der Waals surface area contributed by atoms with Crippen molar-refractivity contribution in [1.82, 2.24) is 4.90 Å². The largest absolute Gasteiger partial charge is 0.391 e. The zero-order valence-corrected chi connectivity index (χ0v) is 10.7. The zero-order chi connectivity index (χ0) is 10.9. The molecule has 90 valence electrons. The number of likely N-dealkylation sites (N-methyl/N-ethyl adjacent to an activating group) is 1. The SMILES string of the molecule is CN(C)C1(c2ccccc2)CCCC1O.Cl. The smallest absolute Gasteiger partial charge is 0.0765 e. The predicted octanol–water partition coefficient (Wildman–Crippen LogP) is 2.41. The first-order valence-electron chi connectivity index (χ1n) is 5.59. The molecule has 3 heteroatoms. The van der Waals surface area contributed by atoms with Gasteiger partial charge >= 0.3 is 0 Å². The number of aliphatic hydroxyl groups excluding tert-OH is 1. The highest BCUT2D eigenvalue weighted by molar-refractivity contribution is 5.85. The number of benzene rings is 1. The van der Waals surface area contributed by atoms with Crippen LogP contribution in [0, 0.1) is 0 Å². The van der Waals surface area contributed by atoms with Crippen LogP contribution in [0.2, 0.25) is 0 Å². The fourth-order valence-electron chi connectivity index (χ4n) is 2.81. The van der Waals surface area contributed by atoms with Gasteiger partial charge in [-0.2, -0.15) is 0 Å². The minimum absolute atomic E-state index is 0. The number of hydrogen-bond donors (Lipinski definition) is 1. The molecular formula is C13H20ClNO. The Morgan fingerprint density at radius 2 is 1.88 bits per heavy atom. The topological polar surface area (TPSA) is 23.5 Å². The molecule has 2 nitrogen and oxygen atoms in total. The summed E-state index contributed by atoms with van der Waals surface area (Å²) in [4.78, 5) is 2.17. The van der Waals surface area contributed by atoms with Crippen LogP contribution < -0.4 is 0 Å². The average molecular weight is 242 g/mol. The number of hydrogen-bond acceptors (Lipinski definition) is 2. The minimum atomic E-state index is -0.241. The third-order valence-electron chi connectivity index (χ3n) is 3.66. The van der Waals surface area contributed by atoms with E-state index in [2.05, 4.69) is 31.1 Å². The molecule has 1 aliphatic carbocycles. The monoisotopic (exact) mass is 241 g/mol. The summed E-state index contributed by atoms with van der Waals surface area (Å²) in [5.41, 5.74) is 1.07. The van der Waals surface area contributed by atoms with Crippen molar-refractivity contribution in [3.05, 3.63) is 35.9 Å². The van der Waals surface area contributed by atoms with Gasteiger partial charge in [0, 0.05) is 0 Å². The van der Waals surface area contributed by atoms with E-state index < -0.39 is 0 Å². The summed E-state index contributed by atoms with van der Waals surface area (Å²) in [6.07, 6.45) is 2.82. The Balaban J connectivity index is 0.00000128. The molecule has 1 fully saturated rings. The highest BCUT2D eigenvalue weighted by Crippen LogP contribution is 2.42. The summed E-state index contributed by atoms with van der Waals surface area (Å²) in [7, 11) is 4.11. The maximum Gasteiger partial charge on any atom is 0.0765 e. The van der Waals surface area contributed by atoms with Crippen molar-refractivity contribution in [3.63, 3.8) is 0 Å². The minimum Gasteiger partial charge on any atom is -0.391 e. The van der Waals surface area contributed by atoms with Crippen molar-refractivity contribution in [2.24, 2.45) is 0 Å². The average Bonchev–Trinajstić information content (AvgIpc) is 2.62. The second-order valence-corrected chi connectivity index (χ2v) is 4.59. The lowest BCUT2D eigenvalue weighted by Crippen LogP contribution is -2.47. The normalized spacial score (nSPS) is 29.1. The van der Waals surface area contributed by atoms with Crippen molar-refractivity contribution < 1.29 is 5.11 Å². The molecule has 1 aromatic carbocycles. The number of halogens is 1. The number of nitrogens with zero attached hydrogens (tertiary/aromatic N) is 1. The summed E-state index contributed by atoms with van der Waals surface area (Å²) >= 11 is 0. The Morgan fingerprint density at radius 1 is 1.25 bits per heavy atom. The van der Waals surface area contributed by atoms with Crippen LogP contribution in [0.3, 0.4) is 0 Å². The maximum absolute atomic E-state index is 10.2. The van der Waals surface area contributed by atoms with Crippen LogP contribution in [0.15, 0.2) is 30.3 Å². The standard InChI is InChI=1S/C13H19NO.ClH/c1-14(2)13(10-6-9-12(13)15)11-7-4-3-5-8-11;/h3-5,7-8,12,15H,6,9-10H2,1-2H3;1H. The van der Waals surface area contributed by atoms with E-state index in [1.807, 2.05) is 18.2 Å². The van der Waals surface area contributed by atoms with Crippen molar-refractivity contribution in [1.29, 1.82) is 0 Å². The molecule has 0 bridgehead atoms. The maximum atomic E-state index is 10.2.